The highest BCUT2D eigenvalue weighted by molar-refractivity contribution is 5.74. The second-order valence-electron chi connectivity index (χ2n) is 6.68. The molecule has 1 aromatic carbocycles. The number of aryl methyl sites for hydroxylation is 1. The van der Waals surface area contributed by atoms with Gasteiger partial charge in [0.05, 0.1) is 0 Å². The van der Waals surface area contributed by atoms with Gasteiger partial charge in [0.25, 0.3) is 6.01 Å². The largest absolute Gasteiger partial charge is 0.423 e. The molecule has 1 aliphatic rings. The summed E-state index contributed by atoms with van der Waals surface area (Å²) >= 11 is 0. The molecule has 0 spiro atoms. The minimum absolute atomic E-state index is 0.326. The minimum atomic E-state index is -0.326. The molecule has 0 unspecified atom stereocenters. The summed E-state index contributed by atoms with van der Waals surface area (Å²) in [7, 11) is 0. The highest BCUT2D eigenvalue weighted by Crippen LogP contribution is 2.24. The van der Waals surface area contributed by atoms with Gasteiger partial charge >= 0.3 is 0 Å². The summed E-state index contributed by atoms with van der Waals surface area (Å²) in [4.78, 5) is 12.9. The third-order valence-corrected chi connectivity index (χ3v) is 4.92. The lowest BCUT2D eigenvalue weighted by Crippen LogP contribution is -2.47. The third-order valence-electron chi connectivity index (χ3n) is 4.92. The molecule has 4 aromatic rings. The molecule has 9 heteroatoms. The van der Waals surface area contributed by atoms with Crippen LogP contribution in [0.2, 0.25) is 0 Å². The van der Waals surface area contributed by atoms with Crippen LogP contribution in [-0.2, 0) is 0 Å². The maximum absolute atomic E-state index is 13.3. The average molecular weight is 379 g/mol. The summed E-state index contributed by atoms with van der Waals surface area (Å²) in [6.07, 6.45) is 3.61. The Bertz CT molecular complexity index is 1110. The van der Waals surface area contributed by atoms with Gasteiger partial charge in [-0.1, -0.05) is 0 Å². The third kappa shape index (κ3) is 2.94. The molecule has 0 atom stereocenters. The number of fused-ring (bicyclic) bond motifs is 1. The van der Waals surface area contributed by atoms with Crippen LogP contribution in [0.4, 0.5) is 16.2 Å². The normalized spacial score (nSPS) is 14.8. The molecular formula is C19H18FN7O. The quantitative estimate of drug-likeness (QED) is 0.541. The van der Waals surface area contributed by atoms with Crippen LogP contribution in [0.3, 0.4) is 0 Å². The van der Waals surface area contributed by atoms with E-state index in [-0.39, 0.29) is 5.82 Å². The molecule has 3 aromatic heterocycles. The first-order valence-electron chi connectivity index (χ1n) is 9.07. The van der Waals surface area contributed by atoms with Crippen molar-refractivity contribution in [3.63, 3.8) is 0 Å². The van der Waals surface area contributed by atoms with Gasteiger partial charge in [-0.2, -0.15) is 4.98 Å². The highest BCUT2D eigenvalue weighted by Gasteiger charge is 2.22. The number of oxazole rings is 1. The first kappa shape index (κ1) is 16.7. The summed E-state index contributed by atoms with van der Waals surface area (Å²) in [5.41, 5.74) is 1.13. The molecule has 0 bridgehead atoms. The molecule has 142 valence electrons. The van der Waals surface area contributed by atoms with E-state index in [4.69, 9.17) is 4.42 Å². The van der Waals surface area contributed by atoms with E-state index in [1.807, 2.05) is 29.8 Å². The highest BCUT2D eigenvalue weighted by atomic mass is 19.1. The zero-order chi connectivity index (χ0) is 19.1. The van der Waals surface area contributed by atoms with Crippen LogP contribution in [0, 0.1) is 12.7 Å². The Balaban J connectivity index is 1.28. The maximum Gasteiger partial charge on any atom is 0.298 e. The molecule has 0 N–H and O–H groups in total. The van der Waals surface area contributed by atoms with Gasteiger partial charge in [0.2, 0.25) is 0 Å². The number of nitrogens with zero attached hydrogens (tertiary/aromatic N) is 7. The molecular weight excluding hydrogens is 361 g/mol. The van der Waals surface area contributed by atoms with Crippen LogP contribution < -0.4 is 9.80 Å². The van der Waals surface area contributed by atoms with Gasteiger partial charge in [-0.25, -0.2) is 9.37 Å². The summed E-state index contributed by atoms with van der Waals surface area (Å²) in [6.45, 7) is 4.93. The first-order chi connectivity index (χ1) is 13.7. The summed E-state index contributed by atoms with van der Waals surface area (Å²) < 4.78 is 21.0. The fourth-order valence-corrected chi connectivity index (χ4v) is 3.38. The Morgan fingerprint density at radius 3 is 2.43 bits per heavy atom. The van der Waals surface area contributed by atoms with Crippen molar-refractivity contribution in [2.24, 2.45) is 0 Å². The molecule has 0 aliphatic carbocycles. The topological polar surface area (TPSA) is 76.1 Å². The van der Waals surface area contributed by atoms with Crippen molar-refractivity contribution in [2.45, 2.75) is 6.92 Å². The molecule has 0 amide bonds. The predicted molar refractivity (Wildman–Crippen MR) is 102 cm³/mol. The maximum atomic E-state index is 13.3. The number of hydrogen-bond donors (Lipinski definition) is 0. The van der Waals surface area contributed by atoms with Gasteiger partial charge in [0.15, 0.2) is 17.2 Å². The van der Waals surface area contributed by atoms with Gasteiger partial charge in [-0.05, 0) is 31.2 Å². The van der Waals surface area contributed by atoms with Crippen LogP contribution in [-0.4, -0.2) is 50.9 Å². The summed E-state index contributed by atoms with van der Waals surface area (Å²) in [5, 5.41) is 8.69. The van der Waals surface area contributed by atoms with E-state index >= 15 is 0 Å². The second kappa shape index (κ2) is 6.59. The van der Waals surface area contributed by atoms with Crippen molar-refractivity contribution in [3.8, 4) is 5.82 Å². The number of anilines is 2. The molecule has 4 heterocycles. The van der Waals surface area contributed by atoms with Crippen molar-refractivity contribution in [1.29, 1.82) is 0 Å². The predicted octanol–water partition coefficient (Wildman–Crippen LogP) is 2.58. The summed E-state index contributed by atoms with van der Waals surface area (Å²) in [6, 6.07) is 8.82. The fraction of sp³-hybridized carbons (Fsp3) is 0.263. The minimum Gasteiger partial charge on any atom is -0.423 e. The van der Waals surface area contributed by atoms with Crippen LogP contribution >= 0.6 is 0 Å². The van der Waals surface area contributed by atoms with Crippen LogP contribution in [0.5, 0.6) is 0 Å². The van der Waals surface area contributed by atoms with Crippen LogP contribution in [0.15, 0.2) is 47.1 Å². The van der Waals surface area contributed by atoms with Gasteiger partial charge in [-0.15, -0.1) is 10.2 Å². The van der Waals surface area contributed by atoms with Gasteiger partial charge in [0, 0.05) is 44.6 Å². The van der Waals surface area contributed by atoms with Crippen molar-refractivity contribution < 1.29 is 8.81 Å². The van der Waals surface area contributed by atoms with Crippen LogP contribution in [0.25, 0.3) is 16.9 Å². The van der Waals surface area contributed by atoms with Crippen molar-refractivity contribution in [2.75, 3.05) is 36.0 Å². The number of halogens is 1. The number of benzene rings is 1. The molecule has 0 saturated carbocycles. The Labute approximate surface area is 160 Å². The second-order valence-corrected chi connectivity index (χ2v) is 6.68. The van der Waals surface area contributed by atoms with E-state index in [0.717, 1.165) is 43.6 Å². The van der Waals surface area contributed by atoms with E-state index in [1.165, 1.54) is 12.1 Å². The number of imidazole rings is 1. The average Bonchev–Trinajstić information content (AvgIpc) is 3.34. The molecule has 1 aliphatic heterocycles. The van der Waals surface area contributed by atoms with E-state index < -0.39 is 0 Å². The van der Waals surface area contributed by atoms with E-state index in [2.05, 4.69) is 30.0 Å². The monoisotopic (exact) mass is 379 g/mol. The van der Waals surface area contributed by atoms with Crippen LogP contribution in [0.1, 0.15) is 5.82 Å². The summed E-state index contributed by atoms with van der Waals surface area (Å²) in [5.74, 6) is 2.12. The standard InChI is InChI=1S/C19H18FN7O/c1-13-21-6-7-27(13)18-5-4-17(23-24-18)25-8-10-26(11-9-25)19-22-15-3-2-14(20)12-16(15)28-19/h2-7,12H,8-11H2,1H3. The fourth-order valence-electron chi connectivity index (χ4n) is 3.38. The molecule has 5 rings (SSSR count). The first-order valence-corrected chi connectivity index (χ1v) is 9.07. The number of rotatable bonds is 3. The molecule has 8 nitrogen and oxygen atoms in total. The Hall–Kier alpha value is -3.49. The lowest BCUT2D eigenvalue weighted by atomic mass is 10.3. The van der Waals surface area contributed by atoms with E-state index in [9.17, 15) is 4.39 Å². The van der Waals surface area contributed by atoms with Gasteiger partial charge in [-0.3, -0.25) is 4.57 Å². The smallest absolute Gasteiger partial charge is 0.298 e. The Kier molecular flexibility index (Phi) is 3.92. The molecule has 1 saturated heterocycles. The molecule has 28 heavy (non-hydrogen) atoms. The van der Waals surface area contributed by atoms with Crippen molar-refractivity contribution in [3.05, 3.63) is 54.4 Å². The number of hydrogen-bond acceptors (Lipinski definition) is 7. The SMILES string of the molecule is Cc1nccn1-c1ccc(N2CCN(c3nc4ccc(F)cc4o3)CC2)nn1. The Morgan fingerprint density at radius 1 is 0.964 bits per heavy atom. The zero-order valence-electron chi connectivity index (χ0n) is 15.3. The van der Waals surface area contributed by atoms with Gasteiger partial charge in [0.1, 0.15) is 17.2 Å². The van der Waals surface area contributed by atoms with E-state index in [1.54, 1.807) is 12.3 Å². The van der Waals surface area contributed by atoms with Crippen molar-refractivity contribution in [1.82, 2.24) is 24.7 Å². The molecule has 1 fully saturated rings. The number of aromatic nitrogens is 5. The van der Waals surface area contributed by atoms with E-state index in [0.29, 0.717) is 17.1 Å². The van der Waals surface area contributed by atoms with Crippen molar-refractivity contribution >= 4 is 22.9 Å². The molecule has 0 radical (unpaired) electrons. The zero-order valence-corrected chi connectivity index (χ0v) is 15.3. The lowest BCUT2D eigenvalue weighted by molar-refractivity contribution is 0.537. The van der Waals surface area contributed by atoms with Gasteiger partial charge < -0.3 is 14.2 Å². The Morgan fingerprint density at radius 2 is 1.71 bits per heavy atom. The lowest BCUT2D eigenvalue weighted by Gasteiger charge is -2.34. The number of piperazine rings is 1.